The molecule has 0 aromatic carbocycles. The number of aromatic amines is 2. The lowest BCUT2D eigenvalue weighted by molar-refractivity contribution is -0.118. The Balaban J connectivity index is 0.923. The highest BCUT2D eigenvalue weighted by molar-refractivity contribution is 7.15. The molecule has 0 atom stereocenters. The van der Waals surface area contributed by atoms with E-state index in [9.17, 15) is 9.59 Å². The molecule has 0 aliphatic heterocycles. The number of carbonyl (C=O) groups is 2. The van der Waals surface area contributed by atoms with Crippen molar-refractivity contribution in [2.75, 3.05) is 5.32 Å². The second kappa shape index (κ2) is 11.8. The van der Waals surface area contributed by atoms with Gasteiger partial charge in [-0.2, -0.15) is 0 Å². The molecule has 6 aromatic heterocycles. The topological polar surface area (TPSA) is 155 Å². The molecule has 0 fully saturated rings. The number of amides is 1. The zero-order chi connectivity index (χ0) is 27.3. The first-order valence-electron chi connectivity index (χ1n) is 12.9. The molecule has 0 aliphatic rings. The molecule has 0 spiro atoms. The van der Waals surface area contributed by atoms with Gasteiger partial charge in [0.25, 0.3) is 0 Å². The number of Topliss-reactive ketones (excluding diaryl/α,β-unsaturated/α-hetero) is 1. The largest absolute Gasteiger partial charge is 0.360 e. The Bertz CT molecular complexity index is 1650. The van der Waals surface area contributed by atoms with Crippen LogP contribution in [0.2, 0.25) is 0 Å². The third kappa shape index (κ3) is 6.10. The SMILES string of the molecule is O=C(Cc1nnc(CCCCc2nnc(NC(=O)Cc3c[nH]c4cnccc34)s2)s1)Cc1c[nH]c2cnccc12. The fourth-order valence-electron chi connectivity index (χ4n) is 4.56. The predicted molar refractivity (Wildman–Crippen MR) is 153 cm³/mol. The van der Waals surface area contributed by atoms with Crippen molar-refractivity contribution in [3.05, 3.63) is 75.5 Å². The molecular weight excluding hydrogens is 546 g/mol. The van der Waals surface area contributed by atoms with Crippen LogP contribution in [0.15, 0.2) is 49.3 Å². The van der Waals surface area contributed by atoms with E-state index in [-0.39, 0.29) is 24.5 Å². The number of hydrogen-bond donors (Lipinski definition) is 3. The van der Waals surface area contributed by atoms with Gasteiger partial charge in [0.1, 0.15) is 20.8 Å². The normalized spacial score (nSPS) is 11.4. The van der Waals surface area contributed by atoms with Crippen molar-refractivity contribution < 1.29 is 9.59 Å². The molecule has 6 aromatic rings. The number of ketones is 1. The zero-order valence-electron chi connectivity index (χ0n) is 21.4. The van der Waals surface area contributed by atoms with E-state index in [1.165, 1.54) is 22.7 Å². The average molecular weight is 572 g/mol. The zero-order valence-corrected chi connectivity index (χ0v) is 23.0. The second-order valence-electron chi connectivity index (χ2n) is 9.39. The summed E-state index contributed by atoms with van der Waals surface area (Å²) in [5.74, 6) is -0.0250. The van der Waals surface area contributed by atoms with Gasteiger partial charge in [-0.25, -0.2) is 0 Å². The summed E-state index contributed by atoms with van der Waals surface area (Å²) in [5, 5.41) is 24.7. The Morgan fingerprint density at radius 1 is 0.725 bits per heavy atom. The van der Waals surface area contributed by atoms with Crippen molar-refractivity contribution in [1.29, 1.82) is 0 Å². The van der Waals surface area contributed by atoms with E-state index in [0.717, 1.165) is 73.6 Å². The smallest absolute Gasteiger partial charge is 0.230 e. The Kier molecular flexibility index (Phi) is 7.64. The number of aryl methyl sites for hydroxylation is 2. The summed E-state index contributed by atoms with van der Waals surface area (Å²) in [4.78, 5) is 39.6. The van der Waals surface area contributed by atoms with Crippen LogP contribution in [0.3, 0.4) is 0 Å². The molecule has 1 amide bonds. The maximum atomic E-state index is 12.6. The lowest BCUT2D eigenvalue weighted by atomic mass is 10.1. The number of nitrogens with zero attached hydrogens (tertiary/aromatic N) is 6. The van der Waals surface area contributed by atoms with E-state index in [4.69, 9.17) is 0 Å². The first-order chi connectivity index (χ1) is 19.6. The van der Waals surface area contributed by atoms with Crippen LogP contribution < -0.4 is 5.32 Å². The van der Waals surface area contributed by atoms with Crippen molar-refractivity contribution in [2.24, 2.45) is 0 Å². The maximum absolute atomic E-state index is 12.6. The number of H-pyrrole nitrogens is 2. The lowest BCUT2D eigenvalue weighted by Crippen LogP contribution is -2.14. The molecule has 0 bridgehead atoms. The third-order valence-electron chi connectivity index (χ3n) is 6.48. The Hall–Kier alpha value is -4.36. The number of anilines is 1. The molecule has 11 nitrogen and oxygen atoms in total. The van der Waals surface area contributed by atoms with Crippen LogP contribution in [0.4, 0.5) is 5.13 Å². The Morgan fingerprint density at radius 3 is 2.02 bits per heavy atom. The van der Waals surface area contributed by atoms with Crippen LogP contribution in [0.25, 0.3) is 21.8 Å². The molecule has 0 saturated carbocycles. The molecule has 202 valence electrons. The summed E-state index contributed by atoms with van der Waals surface area (Å²) in [7, 11) is 0. The molecule has 6 heterocycles. The molecule has 0 aliphatic carbocycles. The molecule has 3 N–H and O–H groups in total. The first kappa shape index (κ1) is 25.9. The van der Waals surface area contributed by atoms with Crippen molar-refractivity contribution in [3.63, 3.8) is 0 Å². The quantitative estimate of drug-likeness (QED) is 0.184. The fourth-order valence-corrected chi connectivity index (χ4v) is 6.27. The van der Waals surface area contributed by atoms with Crippen LogP contribution >= 0.6 is 22.7 Å². The monoisotopic (exact) mass is 571 g/mol. The number of fused-ring (bicyclic) bond motifs is 2. The van der Waals surface area contributed by atoms with E-state index >= 15 is 0 Å². The van der Waals surface area contributed by atoms with Gasteiger partial charge in [0.15, 0.2) is 0 Å². The third-order valence-corrected chi connectivity index (χ3v) is 8.36. The molecule has 13 heteroatoms. The highest BCUT2D eigenvalue weighted by Gasteiger charge is 2.14. The lowest BCUT2D eigenvalue weighted by Gasteiger charge is -2.00. The summed E-state index contributed by atoms with van der Waals surface area (Å²) < 4.78 is 0. The number of unbranched alkanes of at least 4 members (excludes halogenated alkanes) is 1. The standard InChI is InChI=1S/C27H25N9O2S2/c37-18(9-16-12-30-21-14-28-7-5-19(16)21)11-26-35-33-24(39-26)3-1-2-4-25-34-36-27(40-25)32-23(38)10-17-13-31-22-15-29-8-6-20(17)22/h5-8,12-15,30-31H,1-4,9-11H2,(H,32,36,38). The van der Waals surface area contributed by atoms with Crippen LogP contribution in [0.5, 0.6) is 0 Å². The summed E-state index contributed by atoms with van der Waals surface area (Å²) in [6.07, 6.45) is 14.9. The van der Waals surface area contributed by atoms with Gasteiger partial charge in [0.2, 0.25) is 11.0 Å². The van der Waals surface area contributed by atoms with Gasteiger partial charge < -0.3 is 15.3 Å². The van der Waals surface area contributed by atoms with Crippen molar-refractivity contribution in [3.8, 4) is 0 Å². The summed E-state index contributed by atoms with van der Waals surface area (Å²) in [6.45, 7) is 0. The number of aromatic nitrogens is 8. The van der Waals surface area contributed by atoms with Gasteiger partial charge in [0.05, 0.1) is 36.3 Å². The van der Waals surface area contributed by atoms with Gasteiger partial charge in [-0.15, -0.1) is 31.7 Å². The minimum atomic E-state index is -0.135. The van der Waals surface area contributed by atoms with Gasteiger partial charge in [-0.3, -0.25) is 19.6 Å². The highest BCUT2D eigenvalue weighted by Crippen LogP contribution is 2.22. The maximum Gasteiger partial charge on any atom is 0.230 e. The van der Waals surface area contributed by atoms with Gasteiger partial charge >= 0.3 is 0 Å². The second-order valence-corrected chi connectivity index (χ2v) is 11.6. The van der Waals surface area contributed by atoms with Crippen LogP contribution in [0.1, 0.15) is 39.0 Å². The summed E-state index contributed by atoms with van der Waals surface area (Å²) in [6, 6.07) is 3.81. The number of pyridine rings is 2. The van der Waals surface area contributed by atoms with E-state index in [1.54, 1.807) is 24.8 Å². The van der Waals surface area contributed by atoms with E-state index < -0.39 is 0 Å². The van der Waals surface area contributed by atoms with Crippen molar-refractivity contribution >= 4 is 61.3 Å². The molecular formula is C27H25N9O2S2. The predicted octanol–water partition coefficient (Wildman–Crippen LogP) is 4.24. The summed E-state index contributed by atoms with van der Waals surface area (Å²) >= 11 is 2.89. The molecule has 0 saturated heterocycles. The van der Waals surface area contributed by atoms with Gasteiger partial charge in [0, 0.05) is 54.8 Å². The van der Waals surface area contributed by atoms with Gasteiger partial charge in [-0.1, -0.05) is 11.3 Å². The van der Waals surface area contributed by atoms with E-state index in [2.05, 4.69) is 45.6 Å². The first-order valence-corrected chi connectivity index (χ1v) is 14.5. The van der Waals surface area contributed by atoms with Crippen LogP contribution in [-0.4, -0.2) is 52.0 Å². The fraction of sp³-hybridized carbons (Fsp3) is 0.259. The number of carbonyl (C=O) groups excluding carboxylic acids is 2. The Morgan fingerprint density at radius 2 is 1.32 bits per heavy atom. The highest BCUT2D eigenvalue weighted by atomic mass is 32.1. The van der Waals surface area contributed by atoms with Crippen molar-refractivity contribution in [1.82, 2.24) is 40.3 Å². The summed E-state index contributed by atoms with van der Waals surface area (Å²) in [5.41, 5.74) is 3.72. The average Bonchev–Trinajstić information content (AvgIpc) is 3.76. The minimum absolute atomic E-state index is 0.110. The van der Waals surface area contributed by atoms with Crippen molar-refractivity contribution in [2.45, 2.75) is 44.9 Å². The molecule has 6 rings (SSSR count). The number of hydrogen-bond acceptors (Lipinski definition) is 10. The molecule has 40 heavy (non-hydrogen) atoms. The molecule has 0 radical (unpaired) electrons. The van der Waals surface area contributed by atoms with E-state index in [1.807, 2.05) is 24.5 Å². The van der Waals surface area contributed by atoms with E-state index in [0.29, 0.717) is 11.6 Å². The number of rotatable bonds is 12. The number of nitrogens with one attached hydrogen (secondary N) is 3. The molecule has 0 unspecified atom stereocenters. The minimum Gasteiger partial charge on any atom is -0.360 e. The van der Waals surface area contributed by atoms with Gasteiger partial charge in [-0.05, 0) is 36.1 Å². The van der Waals surface area contributed by atoms with Crippen LogP contribution in [-0.2, 0) is 41.7 Å². The Labute approximate surface area is 236 Å². The van der Waals surface area contributed by atoms with Crippen LogP contribution in [0, 0.1) is 0 Å².